The number of azo groups is 1. The van der Waals surface area contributed by atoms with Crippen LogP contribution in [0.2, 0.25) is 0 Å². The van der Waals surface area contributed by atoms with Gasteiger partial charge in [-0.15, -0.1) is 5.11 Å². The number of hydrogen-bond acceptors (Lipinski definition) is 3. The van der Waals surface area contributed by atoms with Gasteiger partial charge in [0.15, 0.2) is 0 Å². The monoisotopic (exact) mass is 172 g/mol. The first-order valence-corrected chi connectivity index (χ1v) is 3.42. The maximum Gasteiger partial charge on any atom is 0.452 e. The average molecular weight is 172 g/mol. The van der Waals surface area contributed by atoms with Crippen LogP contribution in [0.3, 0.4) is 0 Å². The van der Waals surface area contributed by atoms with Crippen LogP contribution in [-0.2, 0) is 9.53 Å². The van der Waals surface area contributed by atoms with Crippen molar-refractivity contribution in [1.82, 2.24) is 0 Å². The highest BCUT2D eigenvalue weighted by atomic mass is 16.5. The zero-order valence-electron chi connectivity index (χ0n) is 7.62. The maximum atomic E-state index is 11.0. The zero-order valence-corrected chi connectivity index (χ0v) is 7.62. The van der Waals surface area contributed by atoms with Crippen molar-refractivity contribution in [2.24, 2.45) is 15.6 Å². The van der Waals surface area contributed by atoms with Crippen LogP contribution in [0.1, 0.15) is 20.8 Å². The van der Waals surface area contributed by atoms with Crippen LogP contribution in [-0.4, -0.2) is 19.1 Å². The standard InChI is InChI=1S/C7H12N2O3/c1-7(2,3)5(10)8-9-6(11)12-4/h1-4H3/b9-8+. The first-order chi connectivity index (χ1) is 5.38. The number of hydrogen-bond donors (Lipinski definition) is 0. The first kappa shape index (κ1) is 10.7. The summed E-state index contributed by atoms with van der Waals surface area (Å²) in [5, 5.41) is 6.20. The largest absolute Gasteiger partial charge is 0.452 e. The van der Waals surface area contributed by atoms with Crippen molar-refractivity contribution < 1.29 is 14.3 Å². The summed E-state index contributed by atoms with van der Waals surface area (Å²) in [6.45, 7) is 5.06. The second kappa shape index (κ2) is 3.94. The second-order valence-electron chi connectivity index (χ2n) is 3.23. The highest BCUT2D eigenvalue weighted by Crippen LogP contribution is 2.15. The van der Waals surface area contributed by atoms with E-state index in [1.807, 2.05) is 0 Å². The second-order valence-corrected chi connectivity index (χ2v) is 3.23. The topological polar surface area (TPSA) is 68.1 Å². The summed E-state index contributed by atoms with van der Waals surface area (Å²) < 4.78 is 4.16. The Morgan fingerprint density at radius 1 is 1.17 bits per heavy atom. The molecule has 0 N–H and O–H groups in total. The summed E-state index contributed by atoms with van der Waals surface area (Å²) in [6, 6.07) is 0. The number of carbonyl (C=O) groups excluding carboxylic acids is 2. The zero-order chi connectivity index (χ0) is 9.78. The Morgan fingerprint density at radius 3 is 2.00 bits per heavy atom. The fraction of sp³-hybridized carbons (Fsp3) is 0.714. The van der Waals surface area contributed by atoms with Gasteiger partial charge in [-0.1, -0.05) is 25.9 Å². The van der Waals surface area contributed by atoms with Crippen molar-refractivity contribution in [3.05, 3.63) is 0 Å². The smallest absolute Gasteiger partial charge is 0.450 e. The quantitative estimate of drug-likeness (QED) is 0.523. The van der Waals surface area contributed by atoms with Crippen LogP contribution in [0.25, 0.3) is 0 Å². The molecule has 0 unspecified atom stereocenters. The summed E-state index contributed by atoms with van der Waals surface area (Å²) >= 11 is 0. The van der Waals surface area contributed by atoms with Crippen molar-refractivity contribution in [2.45, 2.75) is 20.8 Å². The lowest BCUT2D eigenvalue weighted by atomic mass is 9.96. The summed E-state index contributed by atoms with van der Waals surface area (Å²) in [5.41, 5.74) is -0.614. The molecule has 5 heteroatoms. The molecule has 0 radical (unpaired) electrons. The highest BCUT2D eigenvalue weighted by molar-refractivity contribution is 5.83. The van der Waals surface area contributed by atoms with Gasteiger partial charge < -0.3 is 4.74 Å². The molecule has 0 aromatic rings. The van der Waals surface area contributed by atoms with Gasteiger partial charge in [-0.25, -0.2) is 4.79 Å². The van der Waals surface area contributed by atoms with E-state index < -0.39 is 17.4 Å². The van der Waals surface area contributed by atoms with Crippen LogP contribution >= 0.6 is 0 Å². The van der Waals surface area contributed by atoms with Crippen LogP contribution < -0.4 is 0 Å². The van der Waals surface area contributed by atoms with Gasteiger partial charge in [-0.05, 0) is 0 Å². The minimum atomic E-state index is -0.868. The van der Waals surface area contributed by atoms with Crippen molar-refractivity contribution in [2.75, 3.05) is 7.11 Å². The molecular formula is C7H12N2O3. The molecule has 0 saturated heterocycles. The van der Waals surface area contributed by atoms with E-state index in [9.17, 15) is 9.59 Å². The number of nitrogens with zero attached hydrogens (tertiary/aromatic N) is 2. The Balaban J connectivity index is 4.19. The third-order valence-corrected chi connectivity index (χ3v) is 1.04. The summed E-state index contributed by atoms with van der Waals surface area (Å²) in [4.78, 5) is 21.4. The number of amides is 2. The minimum absolute atomic E-state index is 0.451. The normalized spacial score (nSPS) is 11.7. The molecule has 0 aromatic heterocycles. The predicted octanol–water partition coefficient (Wildman–Crippen LogP) is 1.78. The third-order valence-electron chi connectivity index (χ3n) is 1.04. The molecule has 0 aliphatic heterocycles. The lowest BCUT2D eigenvalue weighted by Crippen LogP contribution is -2.17. The lowest BCUT2D eigenvalue weighted by Gasteiger charge is -2.10. The SMILES string of the molecule is COC(=O)/N=N/C(=O)C(C)(C)C. The molecule has 0 aliphatic rings. The van der Waals surface area contributed by atoms with E-state index in [0.29, 0.717) is 0 Å². The molecule has 0 aliphatic carbocycles. The Labute approximate surface area is 70.8 Å². The van der Waals surface area contributed by atoms with E-state index >= 15 is 0 Å². The summed E-state index contributed by atoms with van der Waals surface area (Å²) in [6.07, 6.45) is -0.868. The fourth-order valence-electron chi connectivity index (χ4n) is 0.277. The molecule has 68 valence electrons. The molecule has 0 rings (SSSR count). The van der Waals surface area contributed by atoms with Crippen molar-refractivity contribution in [1.29, 1.82) is 0 Å². The Hall–Kier alpha value is -1.26. The van der Waals surface area contributed by atoms with E-state index in [1.165, 1.54) is 7.11 Å². The van der Waals surface area contributed by atoms with Gasteiger partial charge in [0, 0.05) is 5.41 Å². The number of rotatable bonds is 0. The lowest BCUT2D eigenvalue weighted by molar-refractivity contribution is -0.125. The van der Waals surface area contributed by atoms with E-state index in [-0.39, 0.29) is 0 Å². The third kappa shape index (κ3) is 3.80. The number of carbonyl (C=O) groups is 2. The van der Waals surface area contributed by atoms with Crippen LogP contribution in [0, 0.1) is 5.41 Å². The van der Waals surface area contributed by atoms with Crippen LogP contribution in [0.5, 0.6) is 0 Å². The van der Waals surface area contributed by atoms with Gasteiger partial charge in [-0.3, -0.25) is 4.79 Å². The van der Waals surface area contributed by atoms with Gasteiger partial charge in [-0.2, -0.15) is 0 Å². The van der Waals surface area contributed by atoms with Gasteiger partial charge >= 0.3 is 6.09 Å². The first-order valence-electron chi connectivity index (χ1n) is 3.42. The van der Waals surface area contributed by atoms with Crippen molar-refractivity contribution in [3.63, 3.8) is 0 Å². The molecule has 0 aromatic carbocycles. The maximum absolute atomic E-state index is 11.0. The molecule has 0 heterocycles. The summed E-state index contributed by atoms with van der Waals surface area (Å²) in [5.74, 6) is -0.451. The predicted molar refractivity (Wildman–Crippen MR) is 41.7 cm³/mol. The highest BCUT2D eigenvalue weighted by Gasteiger charge is 2.21. The molecule has 0 bridgehead atoms. The molecule has 0 atom stereocenters. The average Bonchev–Trinajstić information content (AvgIpc) is 1.97. The number of ether oxygens (including phenoxy) is 1. The molecule has 0 saturated carbocycles. The molecule has 0 spiro atoms. The van der Waals surface area contributed by atoms with Gasteiger partial charge in [0.2, 0.25) is 0 Å². The Kier molecular flexibility index (Phi) is 3.53. The van der Waals surface area contributed by atoms with Crippen molar-refractivity contribution in [3.8, 4) is 0 Å². The van der Waals surface area contributed by atoms with Crippen LogP contribution in [0.15, 0.2) is 10.2 Å². The Morgan fingerprint density at radius 2 is 1.67 bits per heavy atom. The van der Waals surface area contributed by atoms with Crippen molar-refractivity contribution >= 4 is 12.0 Å². The molecule has 0 fully saturated rings. The molecule has 12 heavy (non-hydrogen) atoms. The van der Waals surface area contributed by atoms with Crippen LogP contribution in [0.4, 0.5) is 4.79 Å². The van der Waals surface area contributed by atoms with Gasteiger partial charge in [0.25, 0.3) is 5.91 Å². The van der Waals surface area contributed by atoms with E-state index in [4.69, 9.17) is 0 Å². The fourth-order valence-corrected chi connectivity index (χ4v) is 0.277. The van der Waals surface area contributed by atoms with Gasteiger partial charge in [0.1, 0.15) is 0 Å². The Bertz CT molecular complexity index is 215. The molecular weight excluding hydrogens is 160 g/mol. The van der Waals surface area contributed by atoms with E-state index in [0.717, 1.165) is 0 Å². The van der Waals surface area contributed by atoms with E-state index in [2.05, 4.69) is 15.0 Å². The molecule has 2 amide bonds. The van der Waals surface area contributed by atoms with E-state index in [1.54, 1.807) is 20.8 Å². The van der Waals surface area contributed by atoms with Gasteiger partial charge in [0.05, 0.1) is 7.11 Å². The number of methoxy groups -OCH3 is 1. The minimum Gasteiger partial charge on any atom is -0.450 e. The summed E-state index contributed by atoms with van der Waals surface area (Å²) in [7, 11) is 1.17. The molecule has 5 nitrogen and oxygen atoms in total.